The highest BCUT2D eigenvalue weighted by molar-refractivity contribution is 6.11. The van der Waals surface area contributed by atoms with Crippen molar-refractivity contribution in [2.24, 2.45) is 0 Å². The maximum atomic E-state index is 13.5. The highest BCUT2D eigenvalue weighted by Crippen LogP contribution is 2.41. The number of nitrogens with zero attached hydrogens (tertiary/aromatic N) is 2. The van der Waals surface area contributed by atoms with Crippen molar-refractivity contribution >= 4 is 17.7 Å². The van der Waals surface area contributed by atoms with Crippen molar-refractivity contribution in [3.63, 3.8) is 0 Å². The first kappa shape index (κ1) is 20.1. The van der Waals surface area contributed by atoms with E-state index in [0.29, 0.717) is 5.56 Å². The quantitative estimate of drug-likeness (QED) is 0.612. The number of rotatable bonds is 4. The number of alkyl halides is 2. The molecule has 0 bridgehead atoms. The van der Waals surface area contributed by atoms with Gasteiger partial charge in [0.2, 0.25) is 5.92 Å². The molecule has 0 atom stereocenters. The van der Waals surface area contributed by atoms with Gasteiger partial charge in [0.25, 0.3) is 5.91 Å². The van der Waals surface area contributed by atoms with Crippen molar-refractivity contribution in [3.8, 4) is 11.3 Å². The summed E-state index contributed by atoms with van der Waals surface area (Å²) in [6.45, 7) is 1.53. The van der Waals surface area contributed by atoms with Crippen LogP contribution < -0.4 is 5.32 Å². The van der Waals surface area contributed by atoms with Gasteiger partial charge in [0.05, 0.1) is 12.2 Å². The van der Waals surface area contributed by atoms with E-state index >= 15 is 0 Å². The van der Waals surface area contributed by atoms with E-state index < -0.39 is 48.6 Å². The predicted octanol–water partition coefficient (Wildman–Crippen LogP) is 3.74. The van der Waals surface area contributed by atoms with Gasteiger partial charge in [0.1, 0.15) is 5.54 Å². The van der Waals surface area contributed by atoms with Crippen LogP contribution in [0.5, 0.6) is 0 Å². The van der Waals surface area contributed by atoms with Crippen LogP contribution in [-0.4, -0.2) is 45.6 Å². The number of nitrogens with one attached hydrogen (secondary N) is 1. The number of imide groups is 1. The Morgan fingerprint density at radius 1 is 1.10 bits per heavy atom. The average Bonchev–Trinajstić information content (AvgIpc) is 2.95. The van der Waals surface area contributed by atoms with Crippen LogP contribution >= 0.6 is 0 Å². The lowest BCUT2D eigenvalue weighted by Gasteiger charge is -2.34. The zero-order chi connectivity index (χ0) is 21.5. The SMILES string of the molecule is Cc1ccnc(-c2ccc(C(=O)CN3C(=O)NC4(CCC(F)(F)CC4)C3=O)cc2)c1. The molecule has 1 aromatic heterocycles. The topological polar surface area (TPSA) is 79.4 Å². The molecule has 1 aliphatic heterocycles. The van der Waals surface area contributed by atoms with Crippen LogP contribution in [0.3, 0.4) is 0 Å². The maximum absolute atomic E-state index is 13.5. The minimum absolute atomic E-state index is 0.131. The van der Waals surface area contributed by atoms with Gasteiger partial charge in [-0.2, -0.15) is 0 Å². The molecule has 6 nitrogen and oxygen atoms in total. The third kappa shape index (κ3) is 3.69. The van der Waals surface area contributed by atoms with E-state index in [9.17, 15) is 23.2 Å². The minimum Gasteiger partial charge on any atom is -0.323 e. The third-order valence-electron chi connectivity index (χ3n) is 5.80. The Bertz CT molecular complexity index is 1010. The molecule has 1 N–H and O–H groups in total. The van der Waals surface area contributed by atoms with Gasteiger partial charge in [0, 0.05) is 30.2 Å². The minimum atomic E-state index is -2.83. The summed E-state index contributed by atoms with van der Waals surface area (Å²) in [5.74, 6) is -3.83. The maximum Gasteiger partial charge on any atom is 0.325 e. The van der Waals surface area contributed by atoms with Crippen LogP contribution in [-0.2, 0) is 4.79 Å². The number of hydrogen-bond donors (Lipinski definition) is 1. The molecule has 2 aliphatic rings. The summed E-state index contributed by atoms with van der Waals surface area (Å²) in [4.78, 5) is 42.9. The first-order valence-electron chi connectivity index (χ1n) is 9.77. The number of pyridine rings is 1. The summed E-state index contributed by atoms with van der Waals surface area (Å²) in [7, 11) is 0. The standard InChI is InChI=1S/C22H21F2N3O3/c1-14-6-11-25-17(12-14)15-2-4-16(5-3-15)18(28)13-27-19(29)21(26-20(27)30)7-9-22(23,24)10-8-21/h2-6,11-12H,7-10,13H2,1H3,(H,26,30). The average molecular weight is 413 g/mol. The Morgan fingerprint density at radius 2 is 1.77 bits per heavy atom. The fourth-order valence-corrected chi connectivity index (χ4v) is 3.96. The van der Waals surface area contributed by atoms with Crippen LogP contribution in [0.4, 0.5) is 13.6 Å². The predicted molar refractivity (Wildman–Crippen MR) is 105 cm³/mol. The lowest BCUT2D eigenvalue weighted by molar-refractivity contribution is -0.135. The molecule has 4 rings (SSSR count). The summed E-state index contributed by atoms with van der Waals surface area (Å²) in [6.07, 6.45) is 0.518. The largest absolute Gasteiger partial charge is 0.325 e. The molecular weight excluding hydrogens is 392 g/mol. The summed E-state index contributed by atoms with van der Waals surface area (Å²) in [5.41, 5.74) is 1.71. The molecule has 1 spiro atoms. The Balaban J connectivity index is 1.46. The van der Waals surface area contributed by atoms with Crippen molar-refractivity contribution in [1.29, 1.82) is 0 Å². The molecule has 2 heterocycles. The molecule has 2 aromatic rings. The molecule has 30 heavy (non-hydrogen) atoms. The molecule has 1 saturated heterocycles. The number of halogens is 2. The Kier molecular flexibility index (Phi) is 4.88. The lowest BCUT2D eigenvalue weighted by Crippen LogP contribution is -2.51. The number of amides is 3. The molecule has 156 valence electrons. The smallest absolute Gasteiger partial charge is 0.323 e. The molecular formula is C22H21F2N3O3. The zero-order valence-electron chi connectivity index (χ0n) is 16.5. The number of aryl methyl sites for hydroxylation is 1. The van der Waals surface area contributed by atoms with Gasteiger partial charge in [-0.1, -0.05) is 24.3 Å². The van der Waals surface area contributed by atoms with Gasteiger partial charge < -0.3 is 5.32 Å². The lowest BCUT2D eigenvalue weighted by atomic mass is 9.80. The molecule has 1 saturated carbocycles. The number of aromatic nitrogens is 1. The van der Waals surface area contributed by atoms with Gasteiger partial charge in [-0.25, -0.2) is 13.6 Å². The van der Waals surface area contributed by atoms with Gasteiger partial charge in [-0.15, -0.1) is 0 Å². The highest BCUT2D eigenvalue weighted by atomic mass is 19.3. The number of hydrogen-bond acceptors (Lipinski definition) is 4. The summed E-state index contributed by atoms with van der Waals surface area (Å²) < 4.78 is 26.9. The van der Waals surface area contributed by atoms with Crippen molar-refractivity contribution in [3.05, 3.63) is 53.7 Å². The molecule has 2 fully saturated rings. The van der Waals surface area contributed by atoms with Crippen LogP contribution in [0.2, 0.25) is 0 Å². The van der Waals surface area contributed by atoms with Gasteiger partial charge in [-0.05, 0) is 37.5 Å². The third-order valence-corrected chi connectivity index (χ3v) is 5.80. The van der Waals surface area contributed by atoms with Crippen molar-refractivity contribution in [2.75, 3.05) is 6.54 Å². The number of carbonyl (C=O) groups excluding carboxylic acids is 3. The number of benzene rings is 1. The van der Waals surface area contributed by atoms with Gasteiger partial charge >= 0.3 is 6.03 Å². The number of urea groups is 1. The second-order valence-electron chi connectivity index (χ2n) is 7.98. The zero-order valence-corrected chi connectivity index (χ0v) is 16.5. The van der Waals surface area contributed by atoms with E-state index in [-0.39, 0.29) is 12.8 Å². The van der Waals surface area contributed by atoms with E-state index in [1.54, 1.807) is 30.5 Å². The van der Waals surface area contributed by atoms with Crippen LogP contribution in [0.25, 0.3) is 11.3 Å². The Morgan fingerprint density at radius 3 is 2.40 bits per heavy atom. The van der Waals surface area contributed by atoms with E-state index in [4.69, 9.17) is 0 Å². The highest BCUT2D eigenvalue weighted by Gasteiger charge is 2.55. The first-order chi connectivity index (χ1) is 14.2. The van der Waals surface area contributed by atoms with Crippen LogP contribution in [0, 0.1) is 6.92 Å². The van der Waals surface area contributed by atoms with E-state index in [1.807, 2.05) is 19.1 Å². The second-order valence-corrected chi connectivity index (χ2v) is 7.98. The summed E-state index contributed by atoms with van der Waals surface area (Å²) in [5, 5.41) is 2.54. The number of carbonyl (C=O) groups is 3. The number of ketones is 1. The molecule has 0 radical (unpaired) electrons. The normalized spacial score (nSPS) is 19.8. The molecule has 3 amide bonds. The summed E-state index contributed by atoms with van der Waals surface area (Å²) in [6, 6.07) is 9.86. The fourth-order valence-electron chi connectivity index (χ4n) is 3.96. The van der Waals surface area contributed by atoms with Crippen LogP contribution in [0.1, 0.15) is 41.6 Å². The monoisotopic (exact) mass is 413 g/mol. The van der Waals surface area contributed by atoms with Crippen LogP contribution in [0.15, 0.2) is 42.6 Å². The van der Waals surface area contributed by atoms with Gasteiger partial charge in [-0.3, -0.25) is 19.5 Å². The van der Waals surface area contributed by atoms with Crippen molar-refractivity contribution in [1.82, 2.24) is 15.2 Å². The molecule has 8 heteroatoms. The molecule has 0 unspecified atom stereocenters. The first-order valence-corrected chi connectivity index (χ1v) is 9.77. The molecule has 1 aliphatic carbocycles. The van der Waals surface area contributed by atoms with Crippen molar-refractivity contribution in [2.45, 2.75) is 44.1 Å². The molecule has 1 aromatic carbocycles. The Hall–Kier alpha value is -3.16. The Labute approximate surface area is 172 Å². The van der Waals surface area contributed by atoms with Crippen molar-refractivity contribution < 1.29 is 23.2 Å². The fraction of sp³-hybridized carbons (Fsp3) is 0.364. The van der Waals surface area contributed by atoms with E-state index in [0.717, 1.165) is 21.7 Å². The van der Waals surface area contributed by atoms with E-state index in [1.165, 1.54) is 0 Å². The second kappa shape index (κ2) is 7.27. The summed E-state index contributed by atoms with van der Waals surface area (Å²) >= 11 is 0. The van der Waals surface area contributed by atoms with Gasteiger partial charge in [0.15, 0.2) is 5.78 Å². The number of Topliss-reactive ketones (excluding diaryl/α,β-unsaturated/α-hetero) is 1. The van der Waals surface area contributed by atoms with E-state index in [2.05, 4.69) is 10.3 Å².